The molecule has 0 saturated heterocycles. The van der Waals surface area contributed by atoms with Crippen LogP contribution >= 0.6 is 22.9 Å². The smallest absolute Gasteiger partial charge is 0.331 e. The van der Waals surface area contributed by atoms with E-state index in [4.69, 9.17) is 21.4 Å². The van der Waals surface area contributed by atoms with Gasteiger partial charge in [0.1, 0.15) is 5.69 Å². The largest absolute Gasteiger partial charge is 0.444 e. The van der Waals surface area contributed by atoms with Gasteiger partial charge in [0.2, 0.25) is 6.10 Å². The number of amides is 1. The van der Waals surface area contributed by atoms with Crippen molar-refractivity contribution in [1.82, 2.24) is 9.78 Å². The zero-order valence-electron chi connectivity index (χ0n) is 21.0. The Balaban J connectivity index is 1.39. The van der Waals surface area contributed by atoms with Crippen molar-refractivity contribution < 1.29 is 14.3 Å². The molecule has 0 aliphatic rings. The van der Waals surface area contributed by atoms with Gasteiger partial charge in [-0.1, -0.05) is 72.3 Å². The molecule has 8 heteroatoms. The Labute approximate surface area is 235 Å². The Morgan fingerprint density at radius 2 is 1.74 bits per heavy atom. The summed E-state index contributed by atoms with van der Waals surface area (Å²) in [5.41, 5.74) is 4.33. The fourth-order valence-electron chi connectivity index (χ4n) is 3.92. The van der Waals surface area contributed by atoms with E-state index in [0.717, 1.165) is 27.4 Å². The average molecular weight is 554 g/mol. The summed E-state index contributed by atoms with van der Waals surface area (Å²) in [6.45, 7) is 1.88. The normalized spacial score (nSPS) is 11.8. The molecule has 1 amide bonds. The third-order valence-electron chi connectivity index (χ3n) is 5.93. The van der Waals surface area contributed by atoms with Crippen molar-refractivity contribution in [3.8, 4) is 16.3 Å². The highest BCUT2D eigenvalue weighted by molar-refractivity contribution is 7.13. The second-order valence-electron chi connectivity index (χ2n) is 8.70. The number of ether oxygens (including phenoxy) is 1. The van der Waals surface area contributed by atoms with Gasteiger partial charge in [0.05, 0.1) is 10.6 Å². The third-order valence-corrected chi connectivity index (χ3v) is 7.21. The number of hydrogen-bond acceptors (Lipinski definition) is 5. The highest BCUT2D eigenvalue weighted by atomic mass is 35.5. The van der Waals surface area contributed by atoms with Gasteiger partial charge in [-0.25, -0.2) is 9.48 Å². The van der Waals surface area contributed by atoms with Crippen molar-refractivity contribution in [2.75, 3.05) is 5.32 Å². The number of carbonyl (C=O) groups is 2. The molecule has 5 aromatic rings. The summed E-state index contributed by atoms with van der Waals surface area (Å²) in [4.78, 5) is 27.2. The number of nitrogens with zero attached hydrogens (tertiary/aromatic N) is 2. The predicted octanol–water partition coefficient (Wildman–Crippen LogP) is 7.50. The molecule has 39 heavy (non-hydrogen) atoms. The molecular formula is C31H24ClN3O3S. The summed E-state index contributed by atoms with van der Waals surface area (Å²) < 4.78 is 7.44. The van der Waals surface area contributed by atoms with Crippen LogP contribution in [0.5, 0.6) is 0 Å². The Bertz CT molecular complexity index is 1610. The molecule has 0 unspecified atom stereocenters. The number of aromatic nitrogens is 2. The summed E-state index contributed by atoms with van der Waals surface area (Å²) in [6, 6.07) is 27.8. The minimum Gasteiger partial charge on any atom is -0.444 e. The molecule has 6 nitrogen and oxygen atoms in total. The van der Waals surface area contributed by atoms with Gasteiger partial charge in [-0.05, 0) is 54.3 Å². The Morgan fingerprint density at radius 3 is 2.44 bits per heavy atom. The number of aryl methyl sites for hydroxylation is 1. The molecule has 1 N–H and O–H groups in total. The van der Waals surface area contributed by atoms with E-state index in [1.54, 1.807) is 58.5 Å². The molecule has 0 bridgehead atoms. The van der Waals surface area contributed by atoms with Gasteiger partial charge >= 0.3 is 5.97 Å². The predicted molar refractivity (Wildman–Crippen MR) is 156 cm³/mol. The maximum Gasteiger partial charge on any atom is 0.331 e. The molecule has 0 saturated carbocycles. The quantitative estimate of drug-likeness (QED) is 0.159. The van der Waals surface area contributed by atoms with Crippen LogP contribution in [-0.4, -0.2) is 21.7 Å². The van der Waals surface area contributed by atoms with Crippen LogP contribution in [0.25, 0.3) is 22.3 Å². The number of carbonyl (C=O) groups excluding carboxylic acids is 2. The van der Waals surface area contributed by atoms with Crippen molar-refractivity contribution in [3.05, 3.63) is 130 Å². The molecule has 0 radical (unpaired) electrons. The fraction of sp³-hybridized carbons (Fsp3) is 0.0645. The lowest BCUT2D eigenvalue weighted by atomic mass is 10.1. The summed E-state index contributed by atoms with van der Waals surface area (Å²) in [5, 5.41) is 10.1. The second-order valence-corrected chi connectivity index (χ2v) is 10.1. The number of thiophene rings is 1. The first-order chi connectivity index (χ1) is 19.0. The Kier molecular flexibility index (Phi) is 8.01. The standard InChI is InChI=1S/C31H24ClN3O3S/c1-21-14-16-24(19-26(21)32)33-31(37)30(22-9-4-2-5-10-22)38-28(36)17-15-23-20-35(25-11-6-3-7-12-25)34-29(23)27-13-8-18-39-27/h2-20,30H,1H3,(H,33,37)/b17-15+/t30-/m0/s1. The first kappa shape index (κ1) is 26.2. The van der Waals surface area contributed by atoms with Crippen molar-refractivity contribution >= 4 is 46.6 Å². The molecule has 0 aliphatic carbocycles. The molecule has 1 atom stereocenters. The van der Waals surface area contributed by atoms with E-state index < -0.39 is 18.0 Å². The molecule has 0 spiro atoms. The van der Waals surface area contributed by atoms with Crippen LogP contribution in [0.2, 0.25) is 5.02 Å². The van der Waals surface area contributed by atoms with E-state index in [1.165, 1.54) is 6.08 Å². The van der Waals surface area contributed by atoms with Crippen LogP contribution in [-0.2, 0) is 14.3 Å². The number of nitrogens with one attached hydrogen (secondary N) is 1. The molecule has 3 aromatic carbocycles. The number of rotatable bonds is 8. The Hall–Kier alpha value is -4.46. The van der Waals surface area contributed by atoms with Crippen LogP contribution in [0.3, 0.4) is 0 Å². The fourth-order valence-corrected chi connectivity index (χ4v) is 4.83. The summed E-state index contributed by atoms with van der Waals surface area (Å²) >= 11 is 7.78. The average Bonchev–Trinajstić information content (AvgIpc) is 3.64. The highest BCUT2D eigenvalue weighted by Crippen LogP contribution is 2.29. The van der Waals surface area contributed by atoms with E-state index in [2.05, 4.69) is 5.32 Å². The van der Waals surface area contributed by atoms with E-state index >= 15 is 0 Å². The lowest BCUT2D eigenvalue weighted by Gasteiger charge is -2.17. The van der Waals surface area contributed by atoms with Crippen LogP contribution < -0.4 is 5.32 Å². The SMILES string of the molecule is Cc1ccc(NC(=O)[C@@H](OC(=O)/C=C/c2cn(-c3ccccc3)nc2-c2cccs2)c2ccccc2)cc1Cl. The van der Waals surface area contributed by atoms with Crippen molar-refractivity contribution in [2.24, 2.45) is 0 Å². The monoisotopic (exact) mass is 553 g/mol. The van der Waals surface area contributed by atoms with Crippen LogP contribution in [0, 0.1) is 6.92 Å². The van der Waals surface area contributed by atoms with Gasteiger partial charge in [0.15, 0.2) is 0 Å². The molecular weight excluding hydrogens is 530 g/mol. The van der Waals surface area contributed by atoms with E-state index in [1.807, 2.05) is 73.1 Å². The number of benzene rings is 3. The maximum atomic E-state index is 13.2. The first-order valence-electron chi connectivity index (χ1n) is 12.2. The Morgan fingerprint density at radius 1 is 1.00 bits per heavy atom. The zero-order valence-corrected chi connectivity index (χ0v) is 22.5. The molecule has 0 fully saturated rings. The lowest BCUT2D eigenvalue weighted by molar-refractivity contribution is -0.149. The number of anilines is 1. The van der Waals surface area contributed by atoms with E-state index in [9.17, 15) is 9.59 Å². The number of esters is 1. The summed E-state index contributed by atoms with van der Waals surface area (Å²) in [7, 11) is 0. The van der Waals surface area contributed by atoms with Crippen LogP contribution in [0.15, 0.2) is 109 Å². The van der Waals surface area contributed by atoms with Gasteiger partial charge in [-0.3, -0.25) is 4.79 Å². The molecule has 5 rings (SSSR count). The summed E-state index contributed by atoms with van der Waals surface area (Å²) in [5.74, 6) is -1.15. The van der Waals surface area contributed by atoms with Gasteiger partial charge in [0, 0.05) is 34.1 Å². The lowest BCUT2D eigenvalue weighted by Crippen LogP contribution is -2.25. The second kappa shape index (κ2) is 11.9. The van der Waals surface area contributed by atoms with Crippen LogP contribution in [0.4, 0.5) is 5.69 Å². The van der Waals surface area contributed by atoms with E-state index in [-0.39, 0.29) is 0 Å². The van der Waals surface area contributed by atoms with Crippen LogP contribution in [0.1, 0.15) is 22.8 Å². The van der Waals surface area contributed by atoms with Crippen molar-refractivity contribution in [3.63, 3.8) is 0 Å². The molecule has 0 aliphatic heterocycles. The third kappa shape index (κ3) is 6.34. The number of hydrogen-bond donors (Lipinski definition) is 1. The van der Waals surface area contributed by atoms with Gasteiger partial charge in [-0.2, -0.15) is 5.10 Å². The maximum absolute atomic E-state index is 13.2. The minimum atomic E-state index is -1.16. The number of para-hydroxylation sites is 1. The summed E-state index contributed by atoms with van der Waals surface area (Å²) in [6.07, 6.45) is 3.67. The highest BCUT2D eigenvalue weighted by Gasteiger charge is 2.25. The zero-order chi connectivity index (χ0) is 27.2. The topological polar surface area (TPSA) is 73.2 Å². The molecule has 194 valence electrons. The van der Waals surface area contributed by atoms with Gasteiger partial charge in [0.25, 0.3) is 5.91 Å². The van der Waals surface area contributed by atoms with Crippen molar-refractivity contribution in [2.45, 2.75) is 13.0 Å². The van der Waals surface area contributed by atoms with E-state index in [0.29, 0.717) is 16.3 Å². The molecule has 2 heterocycles. The minimum absolute atomic E-state index is 0.487. The van der Waals surface area contributed by atoms with Gasteiger partial charge < -0.3 is 10.1 Å². The first-order valence-corrected chi connectivity index (χ1v) is 13.4. The van der Waals surface area contributed by atoms with Crippen molar-refractivity contribution in [1.29, 1.82) is 0 Å². The van der Waals surface area contributed by atoms with Gasteiger partial charge in [-0.15, -0.1) is 11.3 Å². The molecule has 2 aromatic heterocycles. The number of halogens is 1.